The fourth-order valence-corrected chi connectivity index (χ4v) is 3.18. The quantitative estimate of drug-likeness (QED) is 0.468. The molecule has 0 bridgehead atoms. The van der Waals surface area contributed by atoms with Gasteiger partial charge in [0.25, 0.3) is 0 Å². The molecular weight excluding hydrogens is 383 g/mol. The largest absolute Gasteiger partial charge is 0.497 e. The second-order valence-electron chi connectivity index (χ2n) is 6.07. The van der Waals surface area contributed by atoms with Crippen LogP contribution in [0.4, 0.5) is 4.39 Å². The second-order valence-corrected chi connectivity index (χ2v) is 6.41. The lowest BCUT2D eigenvalue weighted by Gasteiger charge is -2.09. The summed E-state index contributed by atoms with van der Waals surface area (Å²) in [5.74, 6) is 0.654. The number of benzene rings is 2. The lowest BCUT2D eigenvalue weighted by atomic mass is 10.1. The molecule has 0 spiro atoms. The van der Waals surface area contributed by atoms with E-state index < -0.39 is 5.82 Å². The molecule has 0 amide bonds. The molecule has 0 saturated carbocycles. The number of hydrogen-bond donors (Lipinski definition) is 0. The average molecular weight is 399 g/mol. The van der Waals surface area contributed by atoms with Gasteiger partial charge in [0.15, 0.2) is 0 Å². The molecule has 0 atom stereocenters. The van der Waals surface area contributed by atoms with Crippen LogP contribution < -0.4 is 9.47 Å². The van der Waals surface area contributed by atoms with E-state index in [9.17, 15) is 4.39 Å². The Bertz CT molecular complexity index is 1150. The van der Waals surface area contributed by atoms with Gasteiger partial charge >= 0.3 is 0 Å². The zero-order chi connectivity index (χ0) is 19.7. The molecule has 0 saturated heterocycles. The summed E-state index contributed by atoms with van der Waals surface area (Å²) >= 11 is 6.09. The van der Waals surface area contributed by atoms with Crippen LogP contribution in [0.3, 0.4) is 0 Å². The first kappa shape index (κ1) is 18.2. The van der Waals surface area contributed by atoms with Crippen LogP contribution in [-0.4, -0.2) is 34.0 Å². The van der Waals surface area contributed by atoms with Crippen molar-refractivity contribution in [3.63, 3.8) is 0 Å². The Balaban J connectivity index is 1.81. The van der Waals surface area contributed by atoms with Crippen molar-refractivity contribution in [1.82, 2.24) is 19.7 Å². The highest BCUT2D eigenvalue weighted by Crippen LogP contribution is 2.35. The third kappa shape index (κ3) is 3.36. The summed E-state index contributed by atoms with van der Waals surface area (Å²) in [4.78, 5) is 8.45. The number of ether oxygens (including phenoxy) is 2. The normalized spacial score (nSPS) is 11.0. The van der Waals surface area contributed by atoms with Crippen LogP contribution in [0.1, 0.15) is 5.56 Å². The predicted molar refractivity (Wildman–Crippen MR) is 104 cm³/mol. The molecule has 0 fully saturated rings. The first-order valence-electron chi connectivity index (χ1n) is 8.45. The lowest BCUT2D eigenvalue weighted by molar-refractivity contribution is 0.413. The second kappa shape index (κ2) is 7.44. The molecule has 0 aliphatic carbocycles. The first-order valence-corrected chi connectivity index (χ1v) is 8.83. The van der Waals surface area contributed by atoms with Crippen molar-refractivity contribution in [1.29, 1.82) is 0 Å². The van der Waals surface area contributed by atoms with Crippen LogP contribution in [0.2, 0.25) is 5.28 Å². The summed E-state index contributed by atoms with van der Waals surface area (Å²) in [7, 11) is 3.09. The number of fused-ring (bicyclic) bond motifs is 1. The number of hydrogen-bond acceptors (Lipinski definition) is 5. The van der Waals surface area contributed by atoms with Crippen LogP contribution in [0, 0.1) is 5.82 Å². The summed E-state index contributed by atoms with van der Waals surface area (Å²) in [6, 6.07) is 12.2. The molecule has 0 unspecified atom stereocenters. The van der Waals surface area contributed by atoms with Gasteiger partial charge in [0.05, 0.1) is 32.5 Å². The highest BCUT2D eigenvalue weighted by Gasteiger charge is 2.20. The zero-order valence-corrected chi connectivity index (χ0v) is 15.9. The third-order valence-electron chi connectivity index (χ3n) is 4.32. The van der Waals surface area contributed by atoms with E-state index in [1.807, 2.05) is 24.3 Å². The molecule has 0 aliphatic rings. The number of nitrogens with zero attached hydrogens (tertiary/aromatic N) is 4. The highest BCUT2D eigenvalue weighted by atomic mass is 35.5. The third-order valence-corrected chi connectivity index (χ3v) is 4.49. The fraction of sp³-hybridized carbons (Fsp3) is 0.150. The Morgan fingerprint density at radius 3 is 2.54 bits per heavy atom. The summed E-state index contributed by atoms with van der Waals surface area (Å²) in [5.41, 5.74) is 2.49. The van der Waals surface area contributed by atoms with Crippen LogP contribution in [0.25, 0.3) is 22.3 Å². The zero-order valence-electron chi connectivity index (χ0n) is 15.2. The number of methoxy groups -OCH3 is 2. The summed E-state index contributed by atoms with van der Waals surface area (Å²) in [6.45, 7) is 0.506. The van der Waals surface area contributed by atoms with E-state index in [1.165, 1.54) is 13.2 Å². The van der Waals surface area contributed by atoms with E-state index in [4.69, 9.17) is 21.1 Å². The molecule has 2 aromatic carbocycles. The molecule has 2 heterocycles. The van der Waals surface area contributed by atoms with Gasteiger partial charge < -0.3 is 9.47 Å². The Hall–Kier alpha value is -3.19. The Morgan fingerprint density at radius 1 is 1.04 bits per heavy atom. The molecule has 6 nitrogen and oxygen atoms in total. The molecule has 0 aliphatic heterocycles. The maximum Gasteiger partial charge on any atom is 0.223 e. The minimum Gasteiger partial charge on any atom is -0.497 e. The number of halogens is 2. The van der Waals surface area contributed by atoms with Gasteiger partial charge in [0.1, 0.15) is 34.0 Å². The van der Waals surface area contributed by atoms with Crippen LogP contribution in [0.5, 0.6) is 11.5 Å². The van der Waals surface area contributed by atoms with Gasteiger partial charge in [-0.3, -0.25) is 4.68 Å². The van der Waals surface area contributed by atoms with Gasteiger partial charge in [-0.1, -0.05) is 18.2 Å². The van der Waals surface area contributed by atoms with Crippen molar-refractivity contribution in [3.05, 3.63) is 65.3 Å². The molecular formula is C20H16ClFN4O2. The van der Waals surface area contributed by atoms with Crippen LogP contribution >= 0.6 is 11.6 Å². The van der Waals surface area contributed by atoms with Crippen molar-refractivity contribution in [2.24, 2.45) is 0 Å². The molecule has 8 heteroatoms. The fourth-order valence-electron chi connectivity index (χ4n) is 3.01. The van der Waals surface area contributed by atoms with Gasteiger partial charge in [-0.2, -0.15) is 5.10 Å². The predicted octanol–water partition coefficient (Wildman–Crippen LogP) is 4.35. The maximum atomic E-state index is 14.6. The van der Waals surface area contributed by atoms with Gasteiger partial charge in [0, 0.05) is 0 Å². The monoisotopic (exact) mass is 398 g/mol. The van der Waals surface area contributed by atoms with Gasteiger partial charge in [0.2, 0.25) is 5.28 Å². The van der Waals surface area contributed by atoms with Gasteiger partial charge in [-0.05, 0) is 41.4 Å². The van der Waals surface area contributed by atoms with E-state index in [2.05, 4.69) is 15.1 Å². The van der Waals surface area contributed by atoms with Crippen molar-refractivity contribution >= 4 is 22.6 Å². The van der Waals surface area contributed by atoms with Crippen molar-refractivity contribution in [2.45, 2.75) is 6.54 Å². The van der Waals surface area contributed by atoms with Crippen molar-refractivity contribution in [2.75, 3.05) is 14.2 Å². The van der Waals surface area contributed by atoms with E-state index >= 15 is 0 Å². The molecule has 0 N–H and O–H groups in total. The first-order chi connectivity index (χ1) is 13.6. The minimum atomic E-state index is -0.472. The minimum absolute atomic E-state index is 0.0109. The van der Waals surface area contributed by atoms with Gasteiger partial charge in [-0.25, -0.2) is 14.4 Å². The Kier molecular flexibility index (Phi) is 4.83. The van der Waals surface area contributed by atoms with Crippen molar-refractivity contribution < 1.29 is 13.9 Å². The summed E-state index contributed by atoms with van der Waals surface area (Å²) in [5, 5.41) is 4.58. The molecule has 0 radical (unpaired) electrons. The maximum absolute atomic E-state index is 14.6. The van der Waals surface area contributed by atoms with E-state index in [0.29, 0.717) is 29.0 Å². The van der Waals surface area contributed by atoms with E-state index in [1.54, 1.807) is 30.1 Å². The van der Waals surface area contributed by atoms with E-state index in [-0.39, 0.29) is 10.8 Å². The molecule has 2 aromatic heterocycles. The molecule has 4 aromatic rings. The van der Waals surface area contributed by atoms with Crippen molar-refractivity contribution in [3.8, 4) is 22.8 Å². The molecule has 142 valence electrons. The topological polar surface area (TPSA) is 62.1 Å². The van der Waals surface area contributed by atoms with Crippen LogP contribution in [0.15, 0.2) is 48.7 Å². The average Bonchev–Trinajstić information content (AvgIpc) is 3.10. The Morgan fingerprint density at radius 2 is 1.82 bits per heavy atom. The van der Waals surface area contributed by atoms with Crippen LogP contribution in [-0.2, 0) is 6.54 Å². The lowest BCUT2D eigenvalue weighted by Crippen LogP contribution is -2.00. The molecule has 4 rings (SSSR count). The van der Waals surface area contributed by atoms with Gasteiger partial charge in [-0.15, -0.1) is 0 Å². The summed E-state index contributed by atoms with van der Waals surface area (Å²) < 4.78 is 26.8. The highest BCUT2D eigenvalue weighted by molar-refractivity contribution is 6.28. The number of rotatable bonds is 5. The number of aromatic nitrogens is 4. The SMILES string of the molecule is COc1ccc(Cn2cc3nc(Cl)nc(-c4c(F)cccc4OC)c3n2)cc1. The molecule has 28 heavy (non-hydrogen) atoms. The standard InChI is InChI=1S/C20H16ClFN4O2/c1-27-13-8-6-12(7-9-13)10-26-11-15-18(25-26)19(24-20(21)23-15)17-14(22)4-3-5-16(17)28-2/h3-9,11H,10H2,1-2H3. The smallest absolute Gasteiger partial charge is 0.223 e. The van der Waals surface area contributed by atoms with E-state index in [0.717, 1.165) is 11.3 Å². The summed E-state index contributed by atoms with van der Waals surface area (Å²) in [6.07, 6.45) is 1.75. The Labute approximate surface area is 165 Å².